The molecule has 8 heteroatoms. The summed E-state index contributed by atoms with van der Waals surface area (Å²) in [5, 5.41) is 2.83. The Morgan fingerprint density at radius 2 is 1.96 bits per heavy atom. The summed E-state index contributed by atoms with van der Waals surface area (Å²) in [5.74, 6) is -0.601. The molecule has 2 atom stereocenters. The van der Waals surface area contributed by atoms with Crippen molar-refractivity contribution in [1.29, 1.82) is 0 Å². The number of hydrogen-bond donors (Lipinski definition) is 1. The molecule has 24 heavy (non-hydrogen) atoms. The molecule has 0 radical (unpaired) electrons. The van der Waals surface area contributed by atoms with E-state index in [0.717, 1.165) is 16.2 Å². The molecule has 2 heterocycles. The number of fused-ring (bicyclic) bond motifs is 1. The number of likely N-dealkylation sites (N-methyl/N-ethyl adjacent to an activating group) is 2. The van der Waals surface area contributed by atoms with Crippen molar-refractivity contribution in [2.75, 3.05) is 26.0 Å². The molecule has 2 aliphatic heterocycles. The summed E-state index contributed by atoms with van der Waals surface area (Å²) in [6.07, 6.45) is 0.876. The van der Waals surface area contributed by atoms with E-state index in [2.05, 4.69) is 10.3 Å². The third-order valence-corrected chi connectivity index (χ3v) is 4.32. The van der Waals surface area contributed by atoms with Crippen molar-refractivity contribution in [1.82, 2.24) is 14.7 Å². The molecular formula is C16H19N5O3. The van der Waals surface area contributed by atoms with Gasteiger partial charge in [-0.15, -0.1) is 0 Å². The van der Waals surface area contributed by atoms with Crippen LogP contribution in [-0.2, 0) is 9.59 Å². The predicted octanol–water partition coefficient (Wildman–Crippen LogP) is 0.496. The van der Waals surface area contributed by atoms with E-state index in [4.69, 9.17) is 0 Å². The Labute approximate surface area is 139 Å². The molecule has 2 unspecified atom stereocenters. The lowest BCUT2D eigenvalue weighted by Gasteiger charge is -2.39. The number of anilines is 1. The minimum absolute atomic E-state index is 0.0133. The average Bonchev–Trinajstić information content (AvgIpc) is 2.96. The van der Waals surface area contributed by atoms with Gasteiger partial charge in [0.15, 0.2) is 12.2 Å². The van der Waals surface area contributed by atoms with Crippen molar-refractivity contribution in [3.63, 3.8) is 0 Å². The van der Waals surface area contributed by atoms with Crippen LogP contribution in [0.15, 0.2) is 29.3 Å². The highest BCUT2D eigenvalue weighted by atomic mass is 16.2. The zero-order chi connectivity index (χ0) is 17.4. The molecule has 0 aromatic heterocycles. The van der Waals surface area contributed by atoms with Gasteiger partial charge in [0.2, 0.25) is 5.91 Å². The fraction of sp³-hybridized carbons (Fsp3) is 0.375. The summed E-state index contributed by atoms with van der Waals surface area (Å²) < 4.78 is 0. The molecular weight excluding hydrogens is 310 g/mol. The highest BCUT2D eigenvalue weighted by molar-refractivity contribution is 6.02. The standard InChI is InChI=1S/C16H19N5O3/c1-10-6-4-5-7-11(10)18-12(22)8-21-9-17-14-13(21)15(23)20(3)16(24)19(14)2/h4-7,9,13-14H,8H2,1-3H3,(H,18,22). The Morgan fingerprint density at radius 3 is 2.67 bits per heavy atom. The molecule has 8 nitrogen and oxygen atoms in total. The van der Waals surface area contributed by atoms with Crippen LogP contribution >= 0.6 is 0 Å². The summed E-state index contributed by atoms with van der Waals surface area (Å²) in [6.45, 7) is 1.89. The molecule has 0 saturated carbocycles. The number of rotatable bonds is 3. The van der Waals surface area contributed by atoms with Gasteiger partial charge in [0.25, 0.3) is 5.91 Å². The lowest BCUT2D eigenvalue weighted by molar-refractivity contribution is -0.136. The largest absolute Gasteiger partial charge is 0.338 e. The van der Waals surface area contributed by atoms with Gasteiger partial charge in [-0.05, 0) is 18.6 Å². The van der Waals surface area contributed by atoms with Crippen molar-refractivity contribution < 1.29 is 14.4 Å². The van der Waals surface area contributed by atoms with E-state index in [1.165, 1.54) is 18.3 Å². The number of nitrogens with zero attached hydrogens (tertiary/aromatic N) is 4. The van der Waals surface area contributed by atoms with E-state index < -0.39 is 18.2 Å². The fourth-order valence-corrected chi connectivity index (χ4v) is 2.91. The van der Waals surface area contributed by atoms with Crippen LogP contribution in [0.4, 0.5) is 10.5 Å². The van der Waals surface area contributed by atoms with E-state index in [9.17, 15) is 14.4 Å². The highest BCUT2D eigenvalue weighted by Crippen LogP contribution is 2.24. The lowest BCUT2D eigenvalue weighted by atomic mass is 10.1. The molecule has 1 fully saturated rings. The Morgan fingerprint density at radius 1 is 1.25 bits per heavy atom. The third-order valence-electron chi connectivity index (χ3n) is 4.32. The van der Waals surface area contributed by atoms with Crippen LogP contribution in [-0.4, -0.2) is 71.7 Å². The van der Waals surface area contributed by atoms with Crippen LogP contribution in [0.5, 0.6) is 0 Å². The minimum Gasteiger partial charge on any atom is -0.338 e. The summed E-state index contributed by atoms with van der Waals surface area (Å²) >= 11 is 0. The molecule has 1 aromatic rings. The van der Waals surface area contributed by atoms with Crippen molar-refractivity contribution in [2.24, 2.45) is 4.99 Å². The van der Waals surface area contributed by atoms with Gasteiger partial charge in [-0.2, -0.15) is 0 Å². The van der Waals surface area contributed by atoms with Crippen LogP contribution < -0.4 is 5.32 Å². The van der Waals surface area contributed by atoms with E-state index >= 15 is 0 Å². The Balaban J connectivity index is 1.71. The van der Waals surface area contributed by atoms with Crippen molar-refractivity contribution >= 4 is 29.9 Å². The summed E-state index contributed by atoms with van der Waals surface area (Å²) in [6, 6.07) is 6.40. The first-order valence-electron chi connectivity index (χ1n) is 7.59. The molecule has 0 aliphatic carbocycles. The van der Waals surface area contributed by atoms with Gasteiger partial charge in [0.05, 0.1) is 12.9 Å². The number of imide groups is 1. The van der Waals surface area contributed by atoms with Crippen LogP contribution in [0.3, 0.4) is 0 Å². The van der Waals surface area contributed by atoms with Gasteiger partial charge < -0.3 is 15.1 Å². The van der Waals surface area contributed by atoms with Gasteiger partial charge >= 0.3 is 6.03 Å². The van der Waals surface area contributed by atoms with Gasteiger partial charge in [-0.1, -0.05) is 18.2 Å². The second-order valence-corrected chi connectivity index (χ2v) is 5.95. The average molecular weight is 329 g/mol. The first-order chi connectivity index (χ1) is 11.4. The second-order valence-electron chi connectivity index (χ2n) is 5.95. The first-order valence-corrected chi connectivity index (χ1v) is 7.59. The van der Waals surface area contributed by atoms with Crippen LogP contribution in [0.25, 0.3) is 0 Å². The number of nitrogens with one attached hydrogen (secondary N) is 1. The molecule has 1 N–H and O–H groups in total. The van der Waals surface area contributed by atoms with Crippen LogP contribution in [0.1, 0.15) is 5.56 Å². The van der Waals surface area contributed by atoms with E-state index in [1.807, 2.05) is 31.2 Å². The van der Waals surface area contributed by atoms with E-state index in [1.54, 1.807) is 11.9 Å². The molecule has 4 amide bonds. The summed E-state index contributed by atoms with van der Waals surface area (Å²) in [7, 11) is 3.03. The van der Waals surface area contributed by atoms with Gasteiger partial charge in [0.1, 0.15) is 0 Å². The maximum Gasteiger partial charge on any atom is 0.328 e. The van der Waals surface area contributed by atoms with Crippen LogP contribution in [0.2, 0.25) is 0 Å². The Bertz CT molecular complexity index is 732. The number of aliphatic imine (C=N–C) groups is 1. The first kappa shape index (κ1) is 16.0. The Kier molecular flexibility index (Phi) is 3.96. The van der Waals surface area contributed by atoms with E-state index in [0.29, 0.717) is 0 Å². The zero-order valence-electron chi connectivity index (χ0n) is 13.8. The number of hydrogen-bond acceptors (Lipinski definition) is 5. The lowest BCUT2D eigenvalue weighted by Crippen LogP contribution is -2.64. The summed E-state index contributed by atoms with van der Waals surface area (Å²) in [5.41, 5.74) is 1.69. The third kappa shape index (κ3) is 2.60. The van der Waals surface area contributed by atoms with Crippen molar-refractivity contribution in [3.05, 3.63) is 29.8 Å². The molecule has 0 spiro atoms. The van der Waals surface area contributed by atoms with Gasteiger partial charge in [0, 0.05) is 19.8 Å². The number of carbonyl (C=O) groups excluding carboxylic acids is 3. The zero-order valence-corrected chi connectivity index (χ0v) is 13.8. The highest BCUT2D eigenvalue weighted by Gasteiger charge is 2.48. The van der Waals surface area contributed by atoms with Gasteiger partial charge in [-0.3, -0.25) is 14.5 Å². The minimum atomic E-state index is -0.666. The fourth-order valence-electron chi connectivity index (χ4n) is 2.91. The molecule has 1 saturated heterocycles. The molecule has 126 valence electrons. The molecule has 2 aliphatic rings. The van der Waals surface area contributed by atoms with Crippen molar-refractivity contribution in [3.8, 4) is 0 Å². The summed E-state index contributed by atoms with van der Waals surface area (Å²) in [4.78, 5) is 44.9. The van der Waals surface area contributed by atoms with Gasteiger partial charge in [-0.25, -0.2) is 9.79 Å². The number of amides is 4. The number of benzene rings is 1. The Hall–Kier alpha value is -2.90. The number of urea groups is 1. The topological polar surface area (TPSA) is 85.3 Å². The number of carbonyl (C=O) groups is 3. The number of aryl methyl sites for hydroxylation is 1. The van der Waals surface area contributed by atoms with Crippen LogP contribution in [0, 0.1) is 6.92 Å². The monoisotopic (exact) mass is 329 g/mol. The SMILES string of the molecule is Cc1ccccc1NC(=O)CN1C=NC2C1C(=O)N(C)C(=O)N2C. The quantitative estimate of drug-likeness (QED) is 0.875. The smallest absolute Gasteiger partial charge is 0.328 e. The predicted molar refractivity (Wildman–Crippen MR) is 88.5 cm³/mol. The maximum atomic E-state index is 12.4. The molecule has 3 rings (SSSR count). The van der Waals surface area contributed by atoms with E-state index in [-0.39, 0.29) is 18.4 Å². The second kappa shape index (κ2) is 5.95. The normalized spacial score (nSPS) is 22.9. The van der Waals surface area contributed by atoms with Crippen molar-refractivity contribution in [2.45, 2.75) is 19.1 Å². The molecule has 0 bridgehead atoms. The number of para-hydroxylation sites is 1. The molecule has 1 aromatic carbocycles. The maximum absolute atomic E-state index is 12.4.